The van der Waals surface area contributed by atoms with Crippen LogP contribution in [0.4, 0.5) is 0 Å². The molecule has 0 saturated carbocycles. The van der Waals surface area contributed by atoms with E-state index in [1.807, 2.05) is 0 Å². The van der Waals surface area contributed by atoms with E-state index in [9.17, 15) is 0 Å². The lowest BCUT2D eigenvalue weighted by Crippen LogP contribution is -1.82. The van der Waals surface area contributed by atoms with Crippen LogP contribution in [-0.4, -0.2) is 11.9 Å². The summed E-state index contributed by atoms with van der Waals surface area (Å²) in [5, 5.41) is 0.892. The fraction of sp³-hybridized carbons (Fsp3) is 1.00. The van der Waals surface area contributed by atoms with E-state index in [2.05, 4.69) is 46.9 Å². The van der Waals surface area contributed by atoms with E-state index >= 15 is 0 Å². The molecular formula is C2H4Br3OP. The van der Waals surface area contributed by atoms with Crippen molar-refractivity contribution in [2.75, 3.05) is 11.9 Å². The molecule has 0 aromatic heterocycles. The highest BCUT2D eigenvalue weighted by atomic mass is 79.9. The van der Waals surface area contributed by atoms with Crippen molar-refractivity contribution in [1.82, 2.24) is 0 Å². The summed E-state index contributed by atoms with van der Waals surface area (Å²) < 4.78 is 5.04. The lowest BCUT2D eigenvalue weighted by atomic mass is 10.9. The first-order valence-corrected chi connectivity index (χ1v) is 7.99. The molecule has 7 heavy (non-hydrogen) atoms. The molecular weight excluding hydrogens is 311 g/mol. The van der Waals surface area contributed by atoms with Crippen molar-refractivity contribution in [3.8, 4) is 0 Å². The SMILES string of the molecule is BrCCOP(Br)Br. The molecule has 0 spiro atoms. The first-order valence-electron chi connectivity index (χ1n) is 1.58. The summed E-state index contributed by atoms with van der Waals surface area (Å²) in [5.74, 6) is 0. The van der Waals surface area contributed by atoms with E-state index in [-0.39, 0.29) is 0 Å². The number of hydrogen-bond donors (Lipinski definition) is 0. The Balaban J connectivity index is 2.68. The van der Waals surface area contributed by atoms with Crippen LogP contribution < -0.4 is 0 Å². The molecule has 0 saturated heterocycles. The van der Waals surface area contributed by atoms with E-state index in [0.29, 0.717) is 0 Å². The van der Waals surface area contributed by atoms with Gasteiger partial charge in [-0.05, 0) is 31.0 Å². The molecule has 44 valence electrons. The predicted octanol–water partition coefficient (Wildman–Crippen LogP) is 3.41. The van der Waals surface area contributed by atoms with Crippen molar-refractivity contribution in [2.45, 2.75) is 0 Å². The maximum atomic E-state index is 5.04. The van der Waals surface area contributed by atoms with Gasteiger partial charge in [0.15, 0.2) is 5.55 Å². The smallest absolute Gasteiger partial charge is 0.170 e. The van der Waals surface area contributed by atoms with Crippen LogP contribution in [0.1, 0.15) is 0 Å². The molecule has 0 radical (unpaired) electrons. The third-order valence-corrected chi connectivity index (χ3v) is 2.20. The maximum Gasteiger partial charge on any atom is 0.170 e. The van der Waals surface area contributed by atoms with Crippen LogP contribution >= 0.6 is 52.5 Å². The molecule has 0 unspecified atom stereocenters. The molecule has 5 heteroatoms. The molecule has 0 aliphatic rings. The summed E-state index contributed by atoms with van der Waals surface area (Å²) in [7, 11) is 0. The first kappa shape index (κ1) is 8.83. The fourth-order valence-electron chi connectivity index (χ4n) is 0.104. The molecule has 0 heterocycles. The molecule has 0 aliphatic carbocycles. The summed E-state index contributed by atoms with van der Waals surface area (Å²) in [6.45, 7) is 0.752. The number of rotatable bonds is 3. The average Bonchev–Trinajstić information content (AvgIpc) is 1.61. The van der Waals surface area contributed by atoms with Crippen LogP contribution in [0, 0.1) is 0 Å². The lowest BCUT2D eigenvalue weighted by Gasteiger charge is -1.97. The topological polar surface area (TPSA) is 9.23 Å². The van der Waals surface area contributed by atoms with Crippen molar-refractivity contribution in [1.29, 1.82) is 0 Å². The van der Waals surface area contributed by atoms with Crippen molar-refractivity contribution in [3.05, 3.63) is 0 Å². The molecule has 0 amide bonds. The summed E-state index contributed by atoms with van der Waals surface area (Å²) in [6, 6.07) is 0. The van der Waals surface area contributed by atoms with Crippen LogP contribution in [0.2, 0.25) is 0 Å². The number of halogens is 3. The van der Waals surface area contributed by atoms with Crippen LogP contribution in [0.3, 0.4) is 0 Å². The van der Waals surface area contributed by atoms with Crippen molar-refractivity contribution < 1.29 is 4.52 Å². The zero-order valence-electron chi connectivity index (χ0n) is 3.40. The van der Waals surface area contributed by atoms with Crippen LogP contribution in [0.25, 0.3) is 0 Å². The molecule has 0 aliphatic heterocycles. The number of hydrogen-bond acceptors (Lipinski definition) is 1. The van der Waals surface area contributed by atoms with E-state index in [1.165, 1.54) is 0 Å². The molecule has 0 bridgehead atoms. The Kier molecular flexibility index (Phi) is 7.52. The Morgan fingerprint density at radius 1 is 1.43 bits per heavy atom. The molecule has 0 rings (SSSR count). The maximum absolute atomic E-state index is 5.04. The van der Waals surface area contributed by atoms with Gasteiger partial charge in [-0.3, -0.25) is 0 Å². The highest BCUT2D eigenvalue weighted by Gasteiger charge is 1.93. The molecule has 0 fully saturated rings. The summed E-state index contributed by atoms with van der Waals surface area (Å²) >= 11 is 9.65. The van der Waals surface area contributed by atoms with Gasteiger partial charge in [-0.2, -0.15) is 0 Å². The average molecular weight is 315 g/mol. The van der Waals surface area contributed by atoms with Crippen molar-refractivity contribution in [2.24, 2.45) is 0 Å². The molecule has 0 atom stereocenters. The quantitative estimate of drug-likeness (QED) is 0.573. The molecule has 0 aromatic rings. The van der Waals surface area contributed by atoms with E-state index < -0.39 is 5.55 Å². The normalized spacial score (nSPS) is 10.3. The minimum Gasteiger partial charge on any atom is -0.337 e. The van der Waals surface area contributed by atoms with Gasteiger partial charge in [0, 0.05) is 5.33 Å². The third-order valence-electron chi connectivity index (χ3n) is 0.266. The highest BCUT2D eigenvalue weighted by molar-refractivity contribution is 9.68. The Morgan fingerprint density at radius 3 is 2.14 bits per heavy atom. The van der Waals surface area contributed by atoms with Crippen molar-refractivity contribution in [3.63, 3.8) is 0 Å². The van der Waals surface area contributed by atoms with Gasteiger partial charge in [0.25, 0.3) is 0 Å². The van der Waals surface area contributed by atoms with Crippen molar-refractivity contribution >= 4 is 52.5 Å². The van der Waals surface area contributed by atoms with E-state index in [4.69, 9.17) is 4.52 Å². The van der Waals surface area contributed by atoms with Crippen LogP contribution in [0.5, 0.6) is 0 Å². The summed E-state index contributed by atoms with van der Waals surface area (Å²) in [6.07, 6.45) is 0. The van der Waals surface area contributed by atoms with Crippen LogP contribution in [0.15, 0.2) is 0 Å². The Morgan fingerprint density at radius 2 is 2.00 bits per heavy atom. The van der Waals surface area contributed by atoms with E-state index in [0.717, 1.165) is 11.9 Å². The number of alkyl halides is 1. The highest BCUT2D eigenvalue weighted by Crippen LogP contribution is 2.52. The van der Waals surface area contributed by atoms with Gasteiger partial charge in [-0.1, -0.05) is 15.9 Å². The first-order chi connectivity index (χ1) is 3.27. The second kappa shape index (κ2) is 5.96. The van der Waals surface area contributed by atoms with Crippen LogP contribution in [-0.2, 0) is 4.52 Å². The third kappa shape index (κ3) is 7.83. The largest absolute Gasteiger partial charge is 0.337 e. The summed E-state index contributed by atoms with van der Waals surface area (Å²) in [5.41, 5.74) is -0.511. The predicted molar refractivity (Wildman–Crippen MR) is 44.5 cm³/mol. The van der Waals surface area contributed by atoms with Gasteiger partial charge in [-0.25, -0.2) is 0 Å². The van der Waals surface area contributed by atoms with Gasteiger partial charge in [-0.15, -0.1) is 0 Å². The van der Waals surface area contributed by atoms with E-state index in [1.54, 1.807) is 0 Å². The monoisotopic (exact) mass is 312 g/mol. The molecule has 1 nitrogen and oxygen atoms in total. The Hall–Kier alpha value is 1.83. The fourth-order valence-corrected chi connectivity index (χ4v) is 1.61. The summed E-state index contributed by atoms with van der Waals surface area (Å²) in [4.78, 5) is 0. The van der Waals surface area contributed by atoms with Gasteiger partial charge in [0.2, 0.25) is 0 Å². The minimum absolute atomic E-state index is 0.511. The zero-order chi connectivity index (χ0) is 5.70. The second-order valence-corrected chi connectivity index (χ2v) is 8.90. The molecule has 0 aromatic carbocycles. The van der Waals surface area contributed by atoms with Gasteiger partial charge < -0.3 is 4.52 Å². The standard InChI is InChI=1S/C2H4Br3OP/c3-1-2-6-7(4)5/h1-2H2. The Bertz CT molecular complexity index is 41.9. The minimum atomic E-state index is -0.511. The lowest BCUT2D eigenvalue weighted by molar-refractivity contribution is 0.401. The Labute approximate surface area is 68.6 Å². The van der Waals surface area contributed by atoms with Gasteiger partial charge in [0.05, 0.1) is 6.61 Å². The van der Waals surface area contributed by atoms with Gasteiger partial charge in [0.1, 0.15) is 0 Å². The molecule has 0 N–H and O–H groups in total. The zero-order valence-corrected chi connectivity index (χ0v) is 9.06. The second-order valence-electron chi connectivity index (χ2n) is 0.724. The van der Waals surface area contributed by atoms with Gasteiger partial charge >= 0.3 is 0 Å².